The van der Waals surface area contributed by atoms with Gasteiger partial charge in [-0.1, -0.05) is 0 Å². The molecule has 0 aliphatic carbocycles. The first-order chi connectivity index (χ1) is 6.72. The van der Waals surface area contributed by atoms with E-state index < -0.39 is 5.97 Å². The van der Waals surface area contributed by atoms with E-state index in [1.807, 2.05) is 6.07 Å². The lowest BCUT2D eigenvalue weighted by Gasteiger charge is -1.98. The number of hydrogen-bond acceptors (Lipinski definition) is 3. The average Bonchev–Trinajstić information content (AvgIpc) is 2.17. The highest BCUT2D eigenvalue weighted by atomic mass is 127. The molecule has 4 nitrogen and oxygen atoms in total. The molecule has 80 valence electrons. The zero-order chi connectivity index (χ0) is 10.4. The van der Waals surface area contributed by atoms with Crippen molar-refractivity contribution in [2.24, 2.45) is 0 Å². The van der Waals surface area contributed by atoms with Crippen LogP contribution in [0.3, 0.4) is 0 Å². The Kier molecular flexibility index (Phi) is 6.62. The number of aliphatic carboxylic acids is 1. The average molecular weight is 318 g/mol. The van der Waals surface area contributed by atoms with Crippen LogP contribution in [-0.2, 0) is 17.8 Å². The number of halogens is 1. The van der Waals surface area contributed by atoms with Crippen LogP contribution in [0.2, 0.25) is 0 Å². The Morgan fingerprint density at radius 1 is 1.47 bits per heavy atom. The van der Waals surface area contributed by atoms with E-state index in [0.717, 1.165) is 5.56 Å². The van der Waals surface area contributed by atoms with Crippen molar-refractivity contribution in [2.45, 2.75) is 19.4 Å². The smallest absolute Gasteiger partial charge is 0.169 e. The molecule has 1 rings (SSSR count). The lowest BCUT2D eigenvalue weighted by Crippen LogP contribution is -2.36. The SMILES string of the molecule is I.N#CCc1cc[n+](CCC(=O)[O-])cc1. The fourth-order valence-corrected chi connectivity index (χ4v) is 1.07. The number of hydrogen-bond donors (Lipinski definition) is 0. The third kappa shape index (κ3) is 5.32. The number of carboxylic acids is 1. The molecule has 0 atom stereocenters. The van der Waals surface area contributed by atoms with Crippen LogP contribution in [0.4, 0.5) is 0 Å². The summed E-state index contributed by atoms with van der Waals surface area (Å²) < 4.78 is 1.75. The molecule has 0 saturated carbocycles. The summed E-state index contributed by atoms with van der Waals surface area (Å²) in [4.78, 5) is 10.2. The number of carbonyl (C=O) groups excluding carboxylic acids is 1. The van der Waals surface area contributed by atoms with Gasteiger partial charge in [-0.25, -0.2) is 4.57 Å². The number of carbonyl (C=O) groups is 1. The van der Waals surface area contributed by atoms with Crippen molar-refractivity contribution >= 4 is 29.9 Å². The zero-order valence-corrected chi connectivity index (χ0v) is 10.4. The van der Waals surface area contributed by atoms with E-state index in [9.17, 15) is 9.90 Å². The number of carboxylic acid groups (broad SMARTS) is 1. The number of pyridine rings is 1. The molecule has 0 aromatic carbocycles. The molecule has 0 unspecified atom stereocenters. The molecular weight excluding hydrogens is 307 g/mol. The van der Waals surface area contributed by atoms with E-state index in [1.165, 1.54) is 0 Å². The molecule has 15 heavy (non-hydrogen) atoms. The van der Waals surface area contributed by atoms with Gasteiger partial charge >= 0.3 is 0 Å². The topological polar surface area (TPSA) is 67.8 Å². The van der Waals surface area contributed by atoms with Crippen molar-refractivity contribution in [1.82, 2.24) is 0 Å². The molecule has 1 aromatic heterocycles. The summed E-state index contributed by atoms with van der Waals surface area (Å²) in [5.74, 6) is -1.06. The quantitative estimate of drug-likeness (QED) is 0.570. The lowest BCUT2D eigenvalue weighted by molar-refractivity contribution is -0.696. The van der Waals surface area contributed by atoms with Crippen molar-refractivity contribution in [3.63, 3.8) is 0 Å². The number of nitriles is 1. The second kappa shape index (κ2) is 7.17. The fourth-order valence-electron chi connectivity index (χ4n) is 1.07. The zero-order valence-electron chi connectivity index (χ0n) is 8.05. The Bertz CT molecular complexity index is 357. The molecule has 0 N–H and O–H groups in total. The molecule has 0 spiro atoms. The normalized spacial score (nSPS) is 8.73. The van der Waals surface area contributed by atoms with Crippen LogP contribution < -0.4 is 9.67 Å². The van der Waals surface area contributed by atoms with Crippen LogP contribution in [0.25, 0.3) is 0 Å². The molecule has 0 saturated heterocycles. The molecule has 0 fully saturated rings. The highest BCUT2D eigenvalue weighted by Crippen LogP contribution is 1.95. The van der Waals surface area contributed by atoms with Gasteiger partial charge in [-0.2, -0.15) is 5.26 Å². The fraction of sp³-hybridized carbons (Fsp3) is 0.300. The van der Waals surface area contributed by atoms with Crippen molar-refractivity contribution in [1.29, 1.82) is 5.26 Å². The summed E-state index contributed by atoms with van der Waals surface area (Å²) in [6.45, 7) is 0.398. The first-order valence-corrected chi connectivity index (χ1v) is 4.27. The maximum Gasteiger partial charge on any atom is 0.169 e. The van der Waals surface area contributed by atoms with Gasteiger partial charge < -0.3 is 9.90 Å². The minimum absolute atomic E-state index is 0. The monoisotopic (exact) mass is 318 g/mol. The molecule has 0 aliphatic heterocycles. The van der Waals surface area contributed by atoms with E-state index in [1.54, 1.807) is 29.1 Å². The van der Waals surface area contributed by atoms with Crippen molar-refractivity contribution in [3.05, 3.63) is 30.1 Å². The van der Waals surface area contributed by atoms with Gasteiger partial charge in [-0.05, 0) is 5.56 Å². The van der Waals surface area contributed by atoms with Gasteiger partial charge in [0.1, 0.15) is 0 Å². The molecule has 1 aromatic rings. The summed E-state index contributed by atoms with van der Waals surface area (Å²) in [6.07, 6.45) is 3.90. The van der Waals surface area contributed by atoms with E-state index in [2.05, 4.69) is 0 Å². The highest BCUT2D eigenvalue weighted by Gasteiger charge is 2.00. The lowest BCUT2D eigenvalue weighted by atomic mass is 10.2. The summed E-state index contributed by atoms with van der Waals surface area (Å²) in [5.41, 5.74) is 0.928. The van der Waals surface area contributed by atoms with Crippen LogP contribution >= 0.6 is 24.0 Å². The largest absolute Gasteiger partial charge is 0.550 e. The predicted octanol–water partition coefficient (Wildman–Crippen LogP) is -0.202. The molecule has 0 aliphatic rings. The summed E-state index contributed by atoms with van der Waals surface area (Å²) in [7, 11) is 0. The predicted molar refractivity (Wildman–Crippen MR) is 61.0 cm³/mol. The van der Waals surface area contributed by atoms with Crippen molar-refractivity contribution in [2.75, 3.05) is 0 Å². The van der Waals surface area contributed by atoms with Crippen molar-refractivity contribution in [3.8, 4) is 6.07 Å². The van der Waals surface area contributed by atoms with Gasteiger partial charge in [-0.3, -0.25) is 0 Å². The third-order valence-electron chi connectivity index (χ3n) is 1.82. The molecule has 0 amide bonds. The van der Waals surface area contributed by atoms with Crippen LogP contribution in [0.15, 0.2) is 24.5 Å². The van der Waals surface area contributed by atoms with Gasteiger partial charge in [0.05, 0.1) is 12.5 Å². The van der Waals surface area contributed by atoms with Gasteiger partial charge in [0.15, 0.2) is 18.9 Å². The molecular formula is C10H11IN2O2. The Labute approximate surface area is 105 Å². The molecule has 5 heteroatoms. The number of aryl methyl sites for hydroxylation is 1. The Morgan fingerprint density at radius 2 is 2.07 bits per heavy atom. The maximum atomic E-state index is 10.2. The Balaban J connectivity index is 0.00000196. The van der Waals surface area contributed by atoms with Crippen LogP contribution in [0, 0.1) is 11.3 Å². The van der Waals surface area contributed by atoms with E-state index in [4.69, 9.17) is 5.26 Å². The summed E-state index contributed by atoms with van der Waals surface area (Å²) >= 11 is 0. The summed E-state index contributed by atoms with van der Waals surface area (Å²) in [6, 6.07) is 5.65. The van der Waals surface area contributed by atoms with Gasteiger partial charge in [-0.15, -0.1) is 24.0 Å². The highest BCUT2D eigenvalue weighted by molar-refractivity contribution is 14.0. The van der Waals surface area contributed by atoms with Crippen LogP contribution in [0.5, 0.6) is 0 Å². The first-order valence-electron chi connectivity index (χ1n) is 4.27. The minimum atomic E-state index is -1.06. The number of nitrogens with zero attached hydrogens (tertiary/aromatic N) is 2. The second-order valence-corrected chi connectivity index (χ2v) is 2.90. The standard InChI is InChI=1S/C10H10N2O2.HI/c11-5-1-9-2-6-12(7-3-9)8-4-10(13)14;/h2-3,6-7H,1,4,8H2;1H. The third-order valence-corrected chi connectivity index (χ3v) is 1.82. The van der Waals surface area contributed by atoms with Crippen LogP contribution in [-0.4, -0.2) is 5.97 Å². The van der Waals surface area contributed by atoms with E-state index in [0.29, 0.717) is 13.0 Å². The number of rotatable bonds is 4. The number of aromatic nitrogens is 1. The molecule has 0 bridgehead atoms. The van der Waals surface area contributed by atoms with Gasteiger partial charge in [0.2, 0.25) is 0 Å². The summed E-state index contributed by atoms with van der Waals surface area (Å²) in [5, 5.41) is 18.6. The maximum absolute atomic E-state index is 10.2. The van der Waals surface area contributed by atoms with Crippen LogP contribution in [0.1, 0.15) is 12.0 Å². The van der Waals surface area contributed by atoms with Crippen molar-refractivity contribution < 1.29 is 14.5 Å². The van der Waals surface area contributed by atoms with E-state index >= 15 is 0 Å². The van der Waals surface area contributed by atoms with Gasteiger partial charge in [0.25, 0.3) is 0 Å². The minimum Gasteiger partial charge on any atom is -0.550 e. The Morgan fingerprint density at radius 3 is 2.53 bits per heavy atom. The Hall–Kier alpha value is -1.16. The van der Waals surface area contributed by atoms with E-state index in [-0.39, 0.29) is 30.4 Å². The molecule has 1 heterocycles. The first kappa shape index (κ1) is 13.8. The molecule has 0 radical (unpaired) electrons. The second-order valence-electron chi connectivity index (χ2n) is 2.90. The van der Waals surface area contributed by atoms with Gasteiger partial charge in [0, 0.05) is 24.5 Å².